The molecule has 0 bridgehead atoms. The number of carbonyl (C=O) groups is 1. The number of aromatic nitrogens is 2. The standard InChI is InChI=1S/C30H41N9O2/c1-7-30(40)35-24-13-25(28(41-9-3)15-27(24)38-17-19(4)37(6)20(5)18-38)34-29(31)14-23(36-32)21-10-11-26-22(12-21)16-33-39(26)8-2/h7,10-16,19-20,36H,1,8-9,17-18,32H2,2-6H3,(H2,31,34)(H,35,40)/b23-14-/t19-,20+. The first-order valence-corrected chi connectivity index (χ1v) is 13.9. The summed E-state index contributed by atoms with van der Waals surface area (Å²) in [6, 6.07) is 10.3. The minimum Gasteiger partial charge on any atom is -0.492 e. The highest BCUT2D eigenvalue weighted by Crippen LogP contribution is 2.39. The number of anilines is 3. The summed E-state index contributed by atoms with van der Waals surface area (Å²) in [5.41, 5.74) is 7.13. The zero-order chi connectivity index (χ0) is 29.7. The molecule has 0 spiro atoms. The number of nitrogens with zero attached hydrogens (tertiary/aromatic N) is 4. The Balaban J connectivity index is 1.68. The lowest BCUT2D eigenvalue weighted by molar-refractivity contribution is -0.111. The van der Waals surface area contributed by atoms with E-state index in [2.05, 4.69) is 58.4 Å². The molecular weight excluding hydrogens is 518 g/mol. The van der Waals surface area contributed by atoms with Crippen LogP contribution in [-0.4, -0.2) is 65.3 Å². The second kappa shape index (κ2) is 12.9. The molecule has 1 aromatic heterocycles. The molecule has 3 aromatic rings. The van der Waals surface area contributed by atoms with Gasteiger partial charge in [0, 0.05) is 49.2 Å². The summed E-state index contributed by atoms with van der Waals surface area (Å²) in [5, 5.41) is 20.2. The molecular formula is C30H41N9O2. The first kappa shape index (κ1) is 29.6. The van der Waals surface area contributed by atoms with Crippen molar-refractivity contribution in [3.63, 3.8) is 0 Å². The van der Waals surface area contributed by atoms with Crippen molar-refractivity contribution >= 4 is 45.4 Å². The third-order valence-corrected chi connectivity index (χ3v) is 7.51. The molecule has 11 nitrogen and oxygen atoms in total. The van der Waals surface area contributed by atoms with E-state index in [0.29, 0.717) is 41.5 Å². The maximum atomic E-state index is 12.4. The van der Waals surface area contributed by atoms with E-state index in [1.807, 2.05) is 49.0 Å². The van der Waals surface area contributed by atoms with Gasteiger partial charge < -0.3 is 25.7 Å². The summed E-state index contributed by atoms with van der Waals surface area (Å²) < 4.78 is 7.93. The Morgan fingerprint density at radius 2 is 1.90 bits per heavy atom. The zero-order valence-corrected chi connectivity index (χ0v) is 24.5. The number of hydrogen-bond acceptors (Lipinski definition) is 8. The van der Waals surface area contributed by atoms with Crippen LogP contribution in [0.2, 0.25) is 0 Å². The lowest BCUT2D eigenvalue weighted by Gasteiger charge is -2.44. The third kappa shape index (κ3) is 6.53. The molecule has 1 fully saturated rings. The van der Waals surface area contributed by atoms with Crippen LogP contribution in [0.15, 0.2) is 55.3 Å². The molecule has 2 heterocycles. The molecule has 1 aliphatic heterocycles. The van der Waals surface area contributed by atoms with E-state index < -0.39 is 0 Å². The van der Waals surface area contributed by atoms with Crippen LogP contribution in [-0.2, 0) is 11.3 Å². The van der Waals surface area contributed by atoms with Gasteiger partial charge in [-0.15, -0.1) is 0 Å². The number of hydrazine groups is 1. The summed E-state index contributed by atoms with van der Waals surface area (Å²) >= 11 is 0. The van der Waals surface area contributed by atoms with E-state index in [1.165, 1.54) is 6.08 Å². The lowest BCUT2D eigenvalue weighted by atomic mass is 10.1. The monoisotopic (exact) mass is 559 g/mol. The molecule has 0 radical (unpaired) electrons. The van der Waals surface area contributed by atoms with Crippen molar-refractivity contribution in [2.45, 2.75) is 46.3 Å². The Kier molecular flexibility index (Phi) is 9.31. The number of amidine groups is 1. The number of amides is 1. The van der Waals surface area contributed by atoms with Crippen LogP contribution >= 0.6 is 0 Å². The summed E-state index contributed by atoms with van der Waals surface area (Å²) in [4.78, 5) is 17.0. The second-order valence-electron chi connectivity index (χ2n) is 10.2. The molecule has 11 heteroatoms. The highest BCUT2D eigenvalue weighted by atomic mass is 16.5. The topological polar surface area (TPSA) is 137 Å². The van der Waals surface area contributed by atoms with Crippen LogP contribution in [0.4, 0.5) is 17.1 Å². The van der Waals surface area contributed by atoms with Crippen molar-refractivity contribution in [1.29, 1.82) is 5.41 Å². The predicted molar refractivity (Wildman–Crippen MR) is 167 cm³/mol. The molecule has 0 aliphatic carbocycles. The fourth-order valence-electron chi connectivity index (χ4n) is 5.13. The van der Waals surface area contributed by atoms with Gasteiger partial charge in [0.1, 0.15) is 11.6 Å². The maximum Gasteiger partial charge on any atom is 0.247 e. The lowest BCUT2D eigenvalue weighted by Crippen LogP contribution is -2.55. The Morgan fingerprint density at radius 1 is 1.17 bits per heavy atom. The van der Waals surface area contributed by atoms with Gasteiger partial charge in [-0.05, 0) is 64.6 Å². The molecule has 6 N–H and O–H groups in total. The smallest absolute Gasteiger partial charge is 0.247 e. The number of nitrogens with two attached hydrogens (primary N) is 1. The van der Waals surface area contributed by atoms with Gasteiger partial charge in [-0.25, -0.2) is 0 Å². The summed E-state index contributed by atoms with van der Waals surface area (Å²) in [6.45, 7) is 14.7. The molecule has 4 rings (SSSR count). The van der Waals surface area contributed by atoms with E-state index in [-0.39, 0.29) is 11.7 Å². The van der Waals surface area contributed by atoms with Gasteiger partial charge in [0.2, 0.25) is 5.91 Å². The molecule has 2 aromatic carbocycles. The number of aryl methyl sites for hydroxylation is 1. The van der Waals surface area contributed by atoms with Gasteiger partial charge in [0.15, 0.2) is 0 Å². The van der Waals surface area contributed by atoms with Crippen molar-refractivity contribution in [2.24, 2.45) is 5.84 Å². The zero-order valence-electron chi connectivity index (χ0n) is 24.5. The van der Waals surface area contributed by atoms with Gasteiger partial charge in [-0.1, -0.05) is 12.6 Å². The number of carbonyl (C=O) groups excluding carboxylic acids is 1. The van der Waals surface area contributed by atoms with E-state index >= 15 is 0 Å². The summed E-state index contributed by atoms with van der Waals surface area (Å²) in [7, 11) is 2.13. The number of piperazine rings is 1. The molecule has 1 aliphatic rings. The molecule has 1 amide bonds. The normalized spacial score (nSPS) is 17.8. The fraction of sp³-hybridized carbons (Fsp3) is 0.367. The number of rotatable bonds is 10. The Labute approximate surface area is 241 Å². The first-order valence-electron chi connectivity index (χ1n) is 13.9. The molecule has 41 heavy (non-hydrogen) atoms. The molecule has 0 unspecified atom stereocenters. The van der Waals surface area contributed by atoms with Crippen molar-refractivity contribution in [3.8, 4) is 5.75 Å². The SMILES string of the molecule is C=CC(=O)Nc1cc(NC(=N)/C=C(\NN)c2ccc3c(cnn3CC)c2)c(OCC)cc1N1C[C@@H](C)N(C)[C@@H](C)C1. The number of hydrogen-bond donors (Lipinski definition) is 5. The number of benzene rings is 2. The van der Waals surface area contributed by atoms with E-state index in [9.17, 15) is 4.79 Å². The van der Waals surface area contributed by atoms with Gasteiger partial charge in [0.05, 0.1) is 41.1 Å². The highest BCUT2D eigenvalue weighted by Gasteiger charge is 2.29. The van der Waals surface area contributed by atoms with Gasteiger partial charge in [-0.2, -0.15) is 5.10 Å². The van der Waals surface area contributed by atoms with Crippen LogP contribution in [0, 0.1) is 5.41 Å². The van der Waals surface area contributed by atoms with Crippen LogP contribution in [0.5, 0.6) is 5.75 Å². The minimum atomic E-state index is -0.317. The van der Waals surface area contributed by atoms with E-state index in [0.717, 1.165) is 41.8 Å². The quantitative estimate of drug-likeness (QED) is 0.0827. The maximum absolute atomic E-state index is 12.4. The minimum absolute atomic E-state index is 0.0823. The van der Waals surface area contributed by atoms with Crippen molar-refractivity contribution in [2.75, 3.05) is 42.3 Å². The molecule has 218 valence electrons. The number of nitrogens with one attached hydrogen (secondary N) is 4. The number of fused-ring (bicyclic) bond motifs is 1. The third-order valence-electron chi connectivity index (χ3n) is 7.51. The Bertz CT molecular complexity index is 1450. The van der Waals surface area contributed by atoms with Gasteiger partial charge in [-0.3, -0.25) is 25.6 Å². The van der Waals surface area contributed by atoms with Crippen LogP contribution in [0.3, 0.4) is 0 Å². The predicted octanol–water partition coefficient (Wildman–Crippen LogP) is 4.00. The molecule has 0 saturated carbocycles. The average Bonchev–Trinajstić information content (AvgIpc) is 3.38. The summed E-state index contributed by atoms with van der Waals surface area (Å²) in [5.74, 6) is 6.22. The Morgan fingerprint density at radius 3 is 2.54 bits per heavy atom. The van der Waals surface area contributed by atoms with E-state index in [1.54, 1.807) is 12.1 Å². The van der Waals surface area contributed by atoms with Crippen molar-refractivity contribution < 1.29 is 9.53 Å². The van der Waals surface area contributed by atoms with Gasteiger partial charge in [0.25, 0.3) is 0 Å². The molecule has 2 atom stereocenters. The van der Waals surface area contributed by atoms with Crippen LogP contribution in [0.25, 0.3) is 16.6 Å². The fourth-order valence-corrected chi connectivity index (χ4v) is 5.13. The largest absolute Gasteiger partial charge is 0.492 e. The number of ether oxygens (including phenoxy) is 1. The van der Waals surface area contributed by atoms with Crippen molar-refractivity contribution in [1.82, 2.24) is 20.1 Å². The van der Waals surface area contributed by atoms with E-state index in [4.69, 9.17) is 16.0 Å². The Hall–Kier alpha value is -4.35. The highest BCUT2D eigenvalue weighted by molar-refractivity contribution is 6.08. The van der Waals surface area contributed by atoms with Gasteiger partial charge >= 0.3 is 0 Å². The van der Waals surface area contributed by atoms with Crippen molar-refractivity contribution in [3.05, 3.63) is 60.8 Å². The first-order chi connectivity index (χ1) is 19.7. The number of likely N-dealkylation sites (N-methyl/N-ethyl adjacent to an activating group) is 1. The average molecular weight is 560 g/mol. The molecule has 1 saturated heterocycles. The summed E-state index contributed by atoms with van der Waals surface area (Å²) in [6.07, 6.45) is 4.67. The van der Waals surface area contributed by atoms with Crippen LogP contribution in [0.1, 0.15) is 33.3 Å². The second-order valence-corrected chi connectivity index (χ2v) is 10.2. The van der Waals surface area contributed by atoms with Crippen LogP contribution < -0.4 is 31.5 Å².